The van der Waals surface area contributed by atoms with Crippen molar-refractivity contribution in [1.82, 2.24) is 4.90 Å². The second kappa shape index (κ2) is 10.7. The second-order valence-corrected chi connectivity index (χ2v) is 11.2. The third kappa shape index (κ3) is 5.96. The van der Waals surface area contributed by atoms with E-state index in [-0.39, 0.29) is 22.6 Å². The number of benzene rings is 1. The molecule has 2 fully saturated rings. The van der Waals surface area contributed by atoms with Gasteiger partial charge in [0.2, 0.25) is 0 Å². The maximum Gasteiger partial charge on any atom is 0.364 e. The lowest BCUT2D eigenvalue weighted by Crippen LogP contribution is -2.98. The number of nitrogens with two attached hydrogens (primary N) is 1. The Hall–Kier alpha value is -1.71. The van der Waals surface area contributed by atoms with E-state index in [1.54, 1.807) is 42.7 Å². The van der Waals surface area contributed by atoms with E-state index in [0.717, 1.165) is 17.1 Å². The molecule has 2 aliphatic rings. The van der Waals surface area contributed by atoms with Crippen molar-refractivity contribution in [2.45, 2.75) is 55.3 Å². The van der Waals surface area contributed by atoms with Crippen LogP contribution in [0.25, 0.3) is 0 Å². The van der Waals surface area contributed by atoms with E-state index < -0.39 is 24.1 Å². The van der Waals surface area contributed by atoms with E-state index in [0.29, 0.717) is 25.8 Å². The van der Waals surface area contributed by atoms with Crippen molar-refractivity contribution in [3.63, 3.8) is 0 Å². The molecule has 9 heteroatoms. The van der Waals surface area contributed by atoms with E-state index in [4.69, 9.17) is 4.74 Å². The summed E-state index contributed by atoms with van der Waals surface area (Å²) in [5, 5.41) is 11.4. The molecule has 31 heavy (non-hydrogen) atoms. The van der Waals surface area contributed by atoms with Gasteiger partial charge in [0.1, 0.15) is 6.04 Å². The van der Waals surface area contributed by atoms with Crippen LogP contribution in [0.2, 0.25) is 0 Å². The summed E-state index contributed by atoms with van der Waals surface area (Å²) in [4.78, 5) is 39.2. The lowest BCUT2D eigenvalue weighted by Gasteiger charge is -2.26. The number of hydrogen-bond acceptors (Lipinski definition) is 6. The first-order chi connectivity index (χ1) is 14.8. The highest BCUT2D eigenvalue weighted by atomic mass is 32.2. The first-order valence-corrected chi connectivity index (χ1v) is 12.7. The zero-order valence-electron chi connectivity index (χ0n) is 18.0. The minimum absolute atomic E-state index is 0.216. The number of aliphatic carboxylic acids is 1. The molecular weight excluding hydrogens is 436 g/mol. The van der Waals surface area contributed by atoms with E-state index in [1.807, 2.05) is 30.3 Å². The molecule has 2 aliphatic heterocycles. The highest BCUT2D eigenvalue weighted by Crippen LogP contribution is 2.51. The van der Waals surface area contributed by atoms with Gasteiger partial charge in [-0.3, -0.25) is 4.79 Å². The standard InChI is InChI=1S/C22H30N2O5S2/c1-3-29-21(28)17(10-9-16-7-5-4-6-8-16)23-15(2)19(25)24-14-22(30-11-12-31-22)13-18(24)20(26)27/h4-8,15,17-18,23H,3,9-14H2,1-2H3,(H,26,27)/p+1/t15-,17-,18-/m0/s1. The zero-order valence-corrected chi connectivity index (χ0v) is 19.6. The number of quaternary nitrogens is 1. The Balaban J connectivity index is 1.67. The molecule has 2 saturated heterocycles. The molecule has 0 aromatic heterocycles. The van der Waals surface area contributed by atoms with Crippen LogP contribution in [0.3, 0.4) is 0 Å². The van der Waals surface area contributed by atoms with Crippen molar-refractivity contribution in [2.75, 3.05) is 24.7 Å². The fourth-order valence-electron chi connectivity index (χ4n) is 4.20. The Bertz CT molecular complexity index is 785. The number of carboxylic acid groups (broad SMARTS) is 1. The predicted octanol–water partition coefficient (Wildman–Crippen LogP) is 1.36. The van der Waals surface area contributed by atoms with Crippen LogP contribution in [0.5, 0.6) is 0 Å². The number of likely N-dealkylation sites (tertiary alicyclic amines) is 1. The number of thioether (sulfide) groups is 2. The molecule has 7 nitrogen and oxygen atoms in total. The number of carbonyl (C=O) groups excluding carboxylic acids is 2. The molecule has 0 aliphatic carbocycles. The molecular formula is C22H31N2O5S2+. The summed E-state index contributed by atoms with van der Waals surface area (Å²) in [5.74, 6) is 0.423. The number of amides is 1. The lowest BCUT2D eigenvalue weighted by atomic mass is 10.0. The number of ether oxygens (including phenoxy) is 1. The SMILES string of the molecule is CCOC(=O)[C@H](CCc1ccccc1)[NH2+][C@@H](C)C(=O)N1CC2(C[C@H]1C(=O)O)SCCS2. The van der Waals surface area contributed by atoms with E-state index >= 15 is 0 Å². The number of carboxylic acids is 1. The maximum absolute atomic E-state index is 13.3. The van der Waals surface area contributed by atoms with Gasteiger partial charge in [-0.2, -0.15) is 0 Å². The third-order valence-corrected chi connectivity index (χ3v) is 9.19. The summed E-state index contributed by atoms with van der Waals surface area (Å²) in [6, 6.07) is 7.98. The Kier molecular flexibility index (Phi) is 8.30. The van der Waals surface area contributed by atoms with Crippen molar-refractivity contribution in [1.29, 1.82) is 0 Å². The summed E-state index contributed by atoms with van der Waals surface area (Å²) >= 11 is 3.52. The van der Waals surface area contributed by atoms with Crippen LogP contribution in [0.1, 0.15) is 32.3 Å². The zero-order chi connectivity index (χ0) is 22.4. The molecule has 1 spiro atoms. The summed E-state index contributed by atoms with van der Waals surface area (Å²) in [6.07, 6.45) is 1.70. The Labute approximate surface area is 191 Å². The molecule has 170 valence electrons. The number of carbonyl (C=O) groups is 3. The quantitative estimate of drug-likeness (QED) is 0.529. The smallest absolute Gasteiger partial charge is 0.364 e. The molecule has 3 rings (SSSR count). The fourth-order valence-corrected chi connectivity index (χ4v) is 7.45. The maximum atomic E-state index is 13.3. The van der Waals surface area contributed by atoms with Gasteiger partial charge in [-0.25, -0.2) is 9.59 Å². The summed E-state index contributed by atoms with van der Waals surface area (Å²) < 4.78 is 5.02. The van der Waals surface area contributed by atoms with Gasteiger partial charge in [0, 0.05) is 30.9 Å². The number of rotatable bonds is 9. The van der Waals surface area contributed by atoms with Crippen molar-refractivity contribution < 1.29 is 29.5 Å². The Morgan fingerprint density at radius 3 is 2.55 bits per heavy atom. The fraction of sp³-hybridized carbons (Fsp3) is 0.591. The molecule has 1 aromatic rings. The van der Waals surface area contributed by atoms with Crippen LogP contribution in [-0.2, 0) is 25.5 Å². The summed E-state index contributed by atoms with van der Waals surface area (Å²) in [7, 11) is 0. The topological polar surface area (TPSA) is 101 Å². The van der Waals surface area contributed by atoms with Crippen molar-refractivity contribution in [2.24, 2.45) is 0 Å². The first kappa shape index (κ1) is 23.9. The second-order valence-electron chi connectivity index (χ2n) is 8.00. The molecule has 0 radical (unpaired) electrons. The molecule has 0 saturated carbocycles. The van der Waals surface area contributed by atoms with Crippen LogP contribution in [-0.4, -0.2) is 74.7 Å². The summed E-state index contributed by atoms with van der Waals surface area (Å²) in [5.41, 5.74) is 1.12. The van der Waals surface area contributed by atoms with Gasteiger partial charge in [-0.1, -0.05) is 30.3 Å². The van der Waals surface area contributed by atoms with Gasteiger partial charge in [-0.05, 0) is 25.8 Å². The number of nitrogens with zero attached hydrogens (tertiary/aromatic N) is 1. The van der Waals surface area contributed by atoms with E-state index in [1.165, 1.54) is 4.90 Å². The predicted molar refractivity (Wildman–Crippen MR) is 122 cm³/mol. The molecule has 0 unspecified atom stereocenters. The normalized spacial score (nSPS) is 21.7. The molecule has 2 heterocycles. The Morgan fingerprint density at radius 1 is 1.26 bits per heavy atom. The minimum atomic E-state index is -0.962. The van der Waals surface area contributed by atoms with Crippen LogP contribution in [0.4, 0.5) is 0 Å². The average molecular weight is 468 g/mol. The van der Waals surface area contributed by atoms with Crippen LogP contribution in [0, 0.1) is 0 Å². The van der Waals surface area contributed by atoms with Crippen molar-refractivity contribution >= 4 is 41.4 Å². The van der Waals surface area contributed by atoms with Gasteiger partial charge >= 0.3 is 11.9 Å². The summed E-state index contributed by atoms with van der Waals surface area (Å²) in [6.45, 7) is 4.22. The molecule has 3 atom stereocenters. The van der Waals surface area contributed by atoms with Gasteiger partial charge in [0.15, 0.2) is 12.1 Å². The largest absolute Gasteiger partial charge is 0.480 e. The third-order valence-electron chi connectivity index (χ3n) is 5.76. The van der Waals surface area contributed by atoms with Crippen LogP contribution >= 0.6 is 23.5 Å². The lowest BCUT2D eigenvalue weighted by molar-refractivity contribution is -0.697. The van der Waals surface area contributed by atoms with E-state index in [2.05, 4.69) is 0 Å². The number of esters is 1. The molecule has 3 N–H and O–H groups in total. The first-order valence-electron chi connectivity index (χ1n) is 10.7. The molecule has 0 bridgehead atoms. The van der Waals surface area contributed by atoms with Crippen molar-refractivity contribution in [3.05, 3.63) is 35.9 Å². The van der Waals surface area contributed by atoms with Gasteiger partial charge in [0.05, 0.1) is 10.7 Å². The van der Waals surface area contributed by atoms with Crippen LogP contribution in [0.15, 0.2) is 30.3 Å². The monoisotopic (exact) mass is 467 g/mol. The highest BCUT2D eigenvalue weighted by molar-refractivity contribution is 8.21. The van der Waals surface area contributed by atoms with E-state index in [9.17, 15) is 19.5 Å². The van der Waals surface area contributed by atoms with Crippen LogP contribution < -0.4 is 5.32 Å². The van der Waals surface area contributed by atoms with Gasteiger partial charge in [0.25, 0.3) is 5.91 Å². The highest BCUT2D eigenvalue weighted by Gasteiger charge is 2.52. The molecule has 1 aromatic carbocycles. The molecule has 1 amide bonds. The van der Waals surface area contributed by atoms with Gasteiger partial charge in [-0.15, -0.1) is 23.5 Å². The average Bonchev–Trinajstić information content (AvgIpc) is 3.38. The van der Waals surface area contributed by atoms with Gasteiger partial charge < -0.3 is 20.1 Å². The number of hydrogen-bond donors (Lipinski definition) is 2. The number of aryl methyl sites for hydroxylation is 1. The minimum Gasteiger partial charge on any atom is -0.480 e. The Morgan fingerprint density at radius 2 is 1.94 bits per heavy atom. The van der Waals surface area contributed by atoms with Crippen molar-refractivity contribution in [3.8, 4) is 0 Å².